The van der Waals surface area contributed by atoms with Gasteiger partial charge in [-0.1, -0.05) is 0 Å². The van der Waals surface area contributed by atoms with E-state index in [0.717, 1.165) is 0 Å². The Morgan fingerprint density at radius 1 is 0.643 bits per heavy atom. The molecule has 143 valence electrons. The molecule has 0 aliphatic heterocycles. The Hall–Kier alpha value is -0.617. The second kappa shape index (κ2) is 6.70. The summed E-state index contributed by atoms with van der Waals surface area (Å²) in [6.07, 6.45) is 4.87. The van der Waals surface area contributed by atoms with E-state index < -0.39 is 0 Å². The monoisotopic (exact) mass is 485 g/mol. The van der Waals surface area contributed by atoms with E-state index in [-0.39, 0.29) is 35.6 Å². The molecule has 0 bridgehead atoms. The van der Waals surface area contributed by atoms with E-state index in [1.54, 1.807) is 35.8 Å². The first-order valence-corrected chi connectivity index (χ1v) is 11.0. The molecular formula is C25H25Cl2Zr. The molecular weight excluding hydrogens is 462 g/mol. The third-order valence-electron chi connectivity index (χ3n) is 6.68. The van der Waals surface area contributed by atoms with Gasteiger partial charge in [-0.15, -0.1) is 0 Å². The third-order valence-corrected chi connectivity index (χ3v) is 8.21. The first kappa shape index (κ1) is 22.1. The molecule has 0 fully saturated rings. The van der Waals surface area contributed by atoms with Crippen LogP contribution in [0.4, 0.5) is 0 Å². The smallest absolute Gasteiger partial charge is 1.00 e. The third kappa shape index (κ3) is 2.80. The number of halogens is 2. The zero-order valence-corrected chi connectivity index (χ0v) is 21.3. The van der Waals surface area contributed by atoms with Crippen LogP contribution in [-0.4, -0.2) is 0 Å². The van der Waals surface area contributed by atoms with Gasteiger partial charge in [-0.2, -0.15) is 0 Å². The average Bonchev–Trinajstić information content (AvgIpc) is 3.05. The van der Waals surface area contributed by atoms with Crippen LogP contribution in [0.5, 0.6) is 0 Å². The largest absolute Gasteiger partial charge is 1.00 e. The zero-order valence-electron chi connectivity index (χ0n) is 17.3. The molecule has 2 aromatic carbocycles. The summed E-state index contributed by atoms with van der Waals surface area (Å²) >= 11 is 1.60. The van der Waals surface area contributed by atoms with Gasteiger partial charge < -0.3 is 24.8 Å². The van der Waals surface area contributed by atoms with Crippen molar-refractivity contribution in [2.45, 2.75) is 56.0 Å². The molecule has 0 heterocycles. The Kier molecular flexibility index (Phi) is 5.28. The van der Waals surface area contributed by atoms with Crippen LogP contribution in [0.15, 0.2) is 36.4 Å². The van der Waals surface area contributed by atoms with Crippen molar-refractivity contribution in [3.8, 4) is 11.1 Å². The molecule has 0 saturated carbocycles. The summed E-state index contributed by atoms with van der Waals surface area (Å²) in [6.45, 7) is 13.9. The van der Waals surface area contributed by atoms with E-state index >= 15 is 0 Å². The molecule has 0 saturated heterocycles. The molecule has 0 unspecified atom stereocenters. The predicted octanol–water partition coefficient (Wildman–Crippen LogP) is 0.700. The molecule has 28 heavy (non-hydrogen) atoms. The van der Waals surface area contributed by atoms with Gasteiger partial charge in [0.15, 0.2) is 0 Å². The Balaban J connectivity index is 0.00000112. The zero-order chi connectivity index (χ0) is 18.6. The van der Waals surface area contributed by atoms with Crippen LogP contribution >= 0.6 is 0 Å². The Bertz CT molecular complexity index is 985. The maximum Gasteiger partial charge on any atom is -1.00 e. The maximum absolute atomic E-state index is 2.52. The first-order valence-electron chi connectivity index (χ1n) is 9.58. The SMILES string of the molecule is CC1=CC(C)(C)c2cc3c(cc21)-c1cc2c(cc1[CH]3[Zr+2])C(C)(C)C=C2C.[Cl-].[Cl-]. The van der Waals surface area contributed by atoms with Crippen molar-refractivity contribution < 1.29 is 49.5 Å². The molecule has 5 rings (SSSR count). The number of hydrogen-bond acceptors (Lipinski definition) is 0. The van der Waals surface area contributed by atoms with Crippen LogP contribution < -0.4 is 24.8 Å². The molecule has 0 spiro atoms. The van der Waals surface area contributed by atoms with Crippen LogP contribution in [0.1, 0.15) is 78.5 Å². The van der Waals surface area contributed by atoms with Gasteiger partial charge in [-0.05, 0) is 0 Å². The summed E-state index contributed by atoms with van der Waals surface area (Å²) in [5.74, 6) is 0. The van der Waals surface area contributed by atoms with Crippen molar-refractivity contribution >= 4 is 11.1 Å². The van der Waals surface area contributed by atoms with Gasteiger partial charge in [-0.25, -0.2) is 0 Å². The van der Waals surface area contributed by atoms with E-state index in [0.29, 0.717) is 3.63 Å². The van der Waals surface area contributed by atoms with Crippen molar-refractivity contribution in [3.63, 3.8) is 0 Å². The molecule has 3 aliphatic carbocycles. The first-order chi connectivity index (χ1) is 12.1. The number of fused-ring (bicyclic) bond motifs is 5. The fourth-order valence-corrected chi connectivity index (χ4v) is 6.63. The predicted molar refractivity (Wildman–Crippen MR) is 107 cm³/mol. The van der Waals surface area contributed by atoms with E-state index in [4.69, 9.17) is 0 Å². The second-order valence-corrected chi connectivity index (χ2v) is 10.9. The Morgan fingerprint density at radius 2 is 1.00 bits per heavy atom. The summed E-state index contributed by atoms with van der Waals surface area (Å²) in [7, 11) is 0. The molecule has 3 aliphatic rings. The van der Waals surface area contributed by atoms with Crippen LogP contribution in [0, 0.1) is 0 Å². The van der Waals surface area contributed by atoms with Crippen molar-refractivity contribution in [1.82, 2.24) is 0 Å². The van der Waals surface area contributed by atoms with Crippen LogP contribution in [-0.2, 0) is 35.5 Å². The standard InChI is InChI=1S/C25H25.2ClH.Zr/c1-14-12-24(3,4)22-8-16-7-17-9-23-19(15(2)13-25(23,5)6)11-21(17)20(16)10-18(14)22;;;/h7-13H,1-6H3;2*1H;/q;;;+2/p-2. The molecule has 3 heteroatoms. The van der Waals surface area contributed by atoms with Gasteiger partial charge in [0.25, 0.3) is 0 Å². The van der Waals surface area contributed by atoms with E-state index in [9.17, 15) is 0 Å². The minimum atomic E-state index is 0. The molecule has 2 aromatic rings. The van der Waals surface area contributed by atoms with Gasteiger partial charge in [-0.3, -0.25) is 0 Å². The van der Waals surface area contributed by atoms with Crippen molar-refractivity contribution in [2.75, 3.05) is 0 Å². The summed E-state index contributed by atoms with van der Waals surface area (Å²) in [6, 6.07) is 10.0. The number of allylic oxidation sites excluding steroid dienone is 4. The number of rotatable bonds is 0. The maximum atomic E-state index is 2.52. The molecule has 0 radical (unpaired) electrons. The van der Waals surface area contributed by atoms with Crippen LogP contribution in [0.2, 0.25) is 0 Å². The Morgan fingerprint density at radius 3 is 1.36 bits per heavy atom. The summed E-state index contributed by atoms with van der Waals surface area (Å²) in [4.78, 5) is 0. The van der Waals surface area contributed by atoms with Gasteiger partial charge in [0, 0.05) is 0 Å². The van der Waals surface area contributed by atoms with Crippen LogP contribution in [0.25, 0.3) is 22.3 Å². The Labute approximate surface area is 196 Å². The number of benzene rings is 2. The molecule has 0 N–H and O–H groups in total. The quantitative estimate of drug-likeness (QED) is 0.514. The van der Waals surface area contributed by atoms with E-state index in [1.807, 2.05) is 0 Å². The van der Waals surface area contributed by atoms with E-state index in [2.05, 4.69) is 78.0 Å². The van der Waals surface area contributed by atoms with Gasteiger partial charge >= 0.3 is 173 Å². The van der Waals surface area contributed by atoms with Crippen molar-refractivity contribution in [2.24, 2.45) is 0 Å². The van der Waals surface area contributed by atoms with Gasteiger partial charge in [0.2, 0.25) is 0 Å². The second-order valence-electron chi connectivity index (χ2n) is 9.50. The minimum absolute atomic E-state index is 0. The summed E-state index contributed by atoms with van der Waals surface area (Å²) in [5.41, 5.74) is 15.2. The number of hydrogen-bond donors (Lipinski definition) is 0. The summed E-state index contributed by atoms with van der Waals surface area (Å²) < 4.78 is 0.566. The van der Waals surface area contributed by atoms with Gasteiger partial charge in [0.05, 0.1) is 0 Å². The summed E-state index contributed by atoms with van der Waals surface area (Å²) in [5, 5.41) is 0. The molecule has 0 atom stereocenters. The topological polar surface area (TPSA) is 0 Å². The fraction of sp³-hybridized carbons (Fsp3) is 0.360. The van der Waals surface area contributed by atoms with Crippen LogP contribution in [0.3, 0.4) is 0 Å². The van der Waals surface area contributed by atoms with Crippen molar-refractivity contribution in [3.05, 3.63) is 69.8 Å². The average molecular weight is 488 g/mol. The molecule has 0 nitrogen and oxygen atoms in total. The van der Waals surface area contributed by atoms with Gasteiger partial charge in [0.1, 0.15) is 0 Å². The minimum Gasteiger partial charge on any atom is -1.00 e. The van der Waals surface area contributed by atoms with E-state index in [1.165, 1.54) is 44.5 Å². The normalized spacial score (nSPS) is 19.6. The molecule has 0 aromatic heterocycles. The fourth-order valence-electron chi connectivity index (χ4n) is 5.46. The van der Waals surface area contributed by atoms with Crippen molar-refractivity contribution in [1.29, 1.82) is 0 Å². The molecule has 0 amide bonds.